The monoisotopic (exact) mass is 358 g/mol. The lowest BCUT2D eigenvalue weighted by Crippen LogP contribution is -2.25. The van der Waals surface area contributed by atoms with Crippen molar-refractivity contribution >= 4 is 23.2 Å². The van der Waals surface area contributed by atoms with Gasteiger partial charge in [0.05, 0.1) is 0 Å². The Balaban J connectivity index is 1.43. The lowest BCUT2D eigenvalue weighted by molar-refractivity contribution is -0.116. The van der Waals surface area contributed by atoms with Gasteiger partial charge in [0.25, 0.3) is 0 Å². The molecule has 0 radical (unpaired) electrons. The summed E-state index contributed by atoms with van der Waals surface area (Å²) in [5, 5.41) is 3.65. The molecular formula is C20H23ClN2O2. The summed E-state index contributed by atoms with van der Waals surface area (Å²) in [5.41, 5.74) is 1.86. The molecule has 0 aromatic heterocycles. The third-order valence-electron chi connectivity index (χ3n) is 4.31. The molecule has 3 rings (SSSR count). The van der Waals surface area contributed by atoms with E-state index in [4.69, 9.17) is 16.3 Å². The summed E-state index contributed by atoms with van der Waals surface area (Å²) in [5.74, 6) is 0.826. The van der Waals surface area contributed by atoms with E-state index in [-0.39, 0.29) is 5.91 Å². The van der Waals surface area contributed by atoms with Crippen molar-refractivity contribution in [2.45, 2.75) is 25.9 Å². The van der Waals surface area contributed by atoms with Crippen molar-refractivity contribution in [3.8, 4) is 5.75 Å². The molecule has 0 aliphatic carbocycles. The summed E-state index contributed by atoms with van der Waals surface area (Å²) >= 11 is 5.87. The lowest BCUT2D eigenvalue weighted by Gasteiger charge is -2.14. The Morgan fingerprint density at radius 3 is 2.40 bits per heavy atom. The predicted molar refractivity (Wildman–Crippen MR) is 101 cm³/mol. The van der Waals surface area contributed by atoms with Crippen molar-refractivity contribution in [3.05, 3.63) is 59.1 Å². The van der Waals surface area contributed by atoms with Crippen molar-refractivity contribution in [1.29, 1.82) is 0 Å². The number of nitrogens with zero attached hydrogens (tertiary/aromatic N) is 1. The molecule has 1 saturated heterocycles. The molecule has 0 bridgehead atoms. The first kappa shape index (κ1) is 17.8. The molecule has 2 aromatic rings. The van der Waals surface area contributed by atoms with Gasteiger partial charge >= 0.3 is 0 Å². The van der Waals surface area contributed by atoms with Gasteiger partial charge in [0, 0.05) is 23.7 Å². The number of rotatable bonds is 7. The molecule has 1 heterocycles. The van der Waals surface area contributed by atoms with Gasteiger partial charge in [-0.15, -0.1) is 0 Å². The first-order valence-electron chi connectivity index (χ1n) is 8.68. The van der Waals surface area contributed by atoms with Crippen molar-refractivity contribution in [2.24, 2.45) is 0 Å². The zero-order chi connectivity index (χ0) is 17.5. The Morgan fingerprint density at radius 2 is 1.72 bits per heavy atom. The molecule has 2 aromatic carbocycles. The first-order valence-corrected chi connectivity index (χ1v) is 9.06. The number of likely N-dealkylation sites (tertiary alicyclic amines) is 1. The SMILES string of the molecule is O=C(CCN1CCCC1)Nc1ccc(OCc2ccc(Cl)cc2)cc1. The van der Waals surface area contributed by atoms with Gasteiger partial charge in [-0.2, -0.15) is 0 Å². The zero-order valence-electron chi connectivity index (χ0n) is 14.2. The van der Waals surface area contributed by atoms with Crippen molar-refractivity contribution in [2.75, 3.05) is 25.0 Å². The molecule has 1 aliphatic rings. The number of amides is 1. The fraction of sp³-hybridized carbons (Fsp3) is 0.350. The van der Waals surface area contributed by atoms with E-state index in [0.717, 1.165) is 36.6 Å². The smallest absolute Gasteiger partial charge is 0.225 e. The molecule has 0 saturated carbocycles. The third-order valence-corrected chi connectivity index (χ3v) is 4.56. The van der Waals surface area contributed by atoms with Crippen LogP contribution >= 0.6 is 11.6 Å². The number of nitrogens with one attached hydrogen (secondary N) is 1. The largest absolute Gasteiger partial charge is 0.489 e. The van der Waals surface area contributed by atoms with E-state index in [0.29, 0.717) is 18.1 Å². The van der Waals surface area contributed by atoms with Crippen LogP contribution in [-0.4, -0.2) is 30.4 Å². The molecule has 5 heteroatoms. The van der Waals surface area contributed by atoms with Crippen LogP contribution in [0.25, 0.3) is 0 Å². The van der Waals surface area contributed by atoms with E-state index in [1.54, 1.807) is 0 Å². The Kier molecular flexibility index (Phi) is 6.31. The maximum atomic E-state index is 12.0. The first-order chi connectivity index (χ1) is 12.2. The fourth-order valence-electron chi connectivity index (χ4n) is 2.87. The normalized spacial score (nSPS) is 14.4. The Morgan fingerprint density at radius 1 is 1.04 bits per heavy atom. The number of carbonyl (C=O) groups excluding carboxylic acids is 1. The average Bonchev–Trinajstić information content (AvgIpc) is 3.14. The standard InChI is InChI=1S/C20H23ClN2O2/c21-17-5-3-16(4-6-17)15-25-19-9-7-18(8-10-19)22-20(24)11-14-23-12-1-2-13-23/h3-10H,1-2,11-15H2,(H,22,24). The van der Waals surface area contributed by atoms with Gasteiger partial charge in [-0.3, -0.25) is 4.79 Å². The lowest BCUT2D eigenvalue weighted by atomic mass is 10.2. The minimum absolute atomic E-state index is 0.0572. The van der Waals surface area contributed by atoms with E-state index in [1.807, 2.05) is 48.5 Å². The van der Waals surface area contributed by atoms with Gasteiger partial charge in [-0.25, -0.2) is 0 Å². The highest BCUT2D eigenvalue weighted by Crippen LogP contribution is 2.18. The van der Waals surface area contributed by atoms with Gasteiger partial charge in [0.2, 0.25) is 5.91 Å². The average molecular weight is 359 g/mol. The van der Waals surface area contributed by atoms with E-state index >= 15 is 0 Å². The number of hydrogen-bond donors (Lipinski definition) is 1. The Bertz CT molecular complexity index is 680. The van der Waals surface area contributed by atoms with Gasteiger partial charge in [-0.1, -0.05) is 23.7 Å². The van der Waals surface area contributed by atoms with Crippen molar-refractivity contribution < 1.29 is 9.53 Å². The van der Waals surface area contributed by atoms with Crippen LogP contribution in [0.5, 0.6) is 5.75 Å². The molecule has 0 atom stereocenters. The minimum atomic E-state index is 0.0572. The van der Waals surface area contributed by atoms with Crippen LogP contribution in [0.2, 0.25) is 5.02 Å². The summed E-state index contributed by atoms with van der Waals surface area (Å²) in [6.45, 7) is 3.56. The summed E-state index contributed by atoms with van der Waals surface area (Å²) in [6.07, 6.45) is 3.03. The highest BCUT2D eigenvalue weighted by Gasteiger charge is 2.12. The maximum Gasteiger partial charge on any atom is 0.225 e. The van der Waals surface area contributed by atoms with E-state index in [2.05, 4.69) is 10.2 Å². The maximum absolute atomic E-state index is 12.0. The van der Waals surface area contributed by atoms with Crippen LogP contribution < -0.4 is 10.1 Å². The second-order valence-electron chi connectivity index (χ2n) is 6.29. The molecule has 1 aliphatic heterocycles. The number of carbonyl (C=O) groups is 1. The topological polar surface area (TPSA) is 41.6 Å². The van der Waals surface area contributed by atoms with E-state index < -0.39 is 0 Å². The van der Waals surface area contributed by atoms with Gasteiger partial charge in [-0.05, 0) is 67.9 Å². The third kappa shape index (κ3) is 5.76. The van der Waals surface area contributed by atoms with Gasteiger partial charge < -0.3 is 15.0 Å². The molecule has 1 N–H and O–H groups in total. The fourth-order valence-corrected chi connectivity index (χ4v) is 3.00. The Hall–Kier alpha value is -2.04. The number of ether oxygens (including phenoxy) is 1. The molecule has 1 fully saturated rings. The quantitative estimate of drug-likeness (QED) is 0.800. The molecule has 25 heavy (non-hydrogen) atoms. The molecule has 4 nitrogen and oxygen atoms in total. The predicted octanol–water partition coefficient (Wildman–Crippen LogP) is 4.34. The minimum Gasteiger partial charge on any atom is -0.489 e. The van der Waals surface area contributed by atoms with E-state index in [1.165, 1.54) is 12.8 Å². The number of benzene rings is 2. The highest BCUT2D eigenvalue weighted by atomic mass is 35.5. The van der Waals surface area contributed by atoms with Crippen LogP contribution in [0, 0.1) is 0 Å². The van der Waals surface area contributed by atoms with Gasteiger partial charge in [0.15, 0.2) is 0 Å². The Labute approximate surface area is 153 Å². The summed E-state index contributed by atoms with van der Waals surface area (Å²) in [4.78, 5) is 14.4. The number of anilines is 1. The number of hydrogen-bond acceptors (Lipinski definition) is 3. The van der Waals surface area contributed by atoms with Crippen molar-refractivity contribution in [3.63, 3.8) is 0 Å². The molecular weight excluding hydrogens is 336 g/mol. The van der Waals surface area contributed by atoms with Crippen LogP contribution in [0.15, 0.2) is 48.5 Å². The van der Waals surface area contributed by atoms with Crippen LogP contribution in [0.3, 0.4) is 0 Å². The summed E-state index contributed by atoms with van der Waals surface area (Å²) < 4.78 is 5.74. The van der Waals surface area contributed by atoms with Crippen LogP contribution in [0.4, 0.5) is 5.69 Å². The summed E-state index contributed by atoms with van der Waals surface area (Å²) in [7, 11) is 0. The second kappa shape index (κ2) is 8.88. The number of halogens is 1. The van der Waals surface area contributed by atoms with E-state index in [9.17, 15) is 4.79 Å². The molecule has 132 valence electrons. The van der Waals surface area contributed by atoms with Gasteiger partial charge in [0.1, 0.15) is 12.4 Å². The molecule has 0 unspecified atom stereocenters. The second-order valence-corrected chi connectivity index (χ2v) is 6.72. The highest BCUT2D eigenvalue weighted by molar-refractivity contribution is 6.30. The molecule has 0 spiro atoms. The molecule has 1 amide bonds. The van der Waals surface area contributed by atoms with Crippen LogP contribution in [0.1, 0.15) is 24.8 Å². The zero-order valence-corrected chi connectivity index (χ0v) is 15.0. The van der Waals surface area contributed by atoms with Crippen molar-refractivity contribution in [1.82, 2.24) is 4.90 Å². The summed E-state index contributed by atoms with van der Waals surface area (Å²) in [6, 6.07) is 15.0. The van der Waals surface area contributed by atoms with Crippen LogP contribution in [-0.2, 0) is 11.4 Å².